The summed E-state index contributed by atoms with van der Waals surface area (Å²) in [5, 5.41) is 1.11. The molecule has 0 unspecified atom stereocenters. The van der Waals surface area contributed by atoms with Crippen molar-refractivity contribution in [3.63, 3.8) is 0 Å². The fourth-order valence-electron chi connectivity index (χ4n) is 1.60. The Kier molecular flexibility index (Phi) is 3.82. The van der Waals surface area contributed by atoms with Crippen LogP contribution >= 0.6 is 11.8 Å². The molecule has 1 fully saturated rings. The van der Waals surface area contributed by atoms with Gasteiger partial charge < -0.3 is 0 Å². The van der Waals surface area contributed by atoms with Crippen molar-refractivity contribution in [1.82, 2.24) is 5.06 Å². The highest BCUT2D eigenvalue weighted by atomic mass is 32.2. The topological polar surface area (TPSA) is 29.5 Å². The van der Waals surface area contributed by atoms with E-state index < -0.39 is 11.4 Å². The summed E-state index contributed by atoms with van der Waals surface area (Å²) in [6.07, 6.45) is 0.695. The van der Waals surface area contributed by atoms with Gasteiger partial charge in [0.2, 0.25) is 0 Å². The lowest BCUT2D eigenvalue weighted by Crippen LogP contribution is -2.27. The lowest BCUT2D eigenvalue weighted by molar-refractivity contribution is -0.0770. The van der Waals surface area contributed by atoms with Gasteiger partial charge in [0, 0.05) is 4.90 Å². The molecule has 1 heterocycles. The Labute approximate surface area is 106 Å². The SMILES string of the molecule is O=C(c1ccccc1SC(F)(F)F)N1CCCO1. The van der Waals surface area contributed by atoms with E-state index >= 15 is 0 Å². The molecule has 0 aromatic heterocycles. The molecule has 3 nitrogen and oxygen atoms in total. The Morgan fingerprint density at radius 2 is 2.06 bits per heavy atom. The maximum atomic E-state index is 12.4. The van der Waals surface area contributed by atoms with Crippen LogP contribution in [0.4, 0.5) is 13.2 Å². The van der Waals surface area contributed by atoms with Gasteiger partial charge in [-0.15, -0.1) is 0 Å². The highest BCUT2D eigenvalue weighted by Gasteiger charge is 2.32. The van der Waals surface area contributed by atoms with Gasteiger partial charge in [0.15, 0.2) is 0 Å². The van der Waals surface area contributed by atoms with Crippen LogP contribution < -0.4 is 0 Å². The standard InChI is InChI=1S/C11H10F3NO2S/c12-11(13,14)18-9-5-2-1-4-8(9)10(16)15-6-3-7-17-15/h1-2,4-5H,3,6-7H2. The molecule has 1 saturated heterocycles. The Balaban J connectivity index is 2.23. The first-order chi connectivity index (χ1) is 8.47. The molecule has 0 aliphatic carbocycles. The van der Waals surface area contributed by atoms with Crippen molar-refractivity contribution in [2.45, 2.75) is 16.8 Å². The molecule has 0 radical (unpaired) electrons. The highest BCUT2D eigenvalue weighted by Crippen LogP contribution is 2.38. The summed E-state index contributed by atoms with van der Waals surface area (Å²) in [5.74, 6) is -0.528. The Morgan fingerprint density at radius 1 is 1.33 bits per heavy atom. The molecule has 1 amide bonds. The number of thioether (sulfide) groups is 1. The van der Waals surface area contributed by atoms with E-state index in [9.17, 15) is 18.0 Å². The summed E-state index contributed by atoms with van der Waals surface area (Å²) in [4.78, 5) is 16.9. The van der Waals surface area contributed by atoms with Crippen LogP contribution in [-0.4, -0.2) is 29.6 Å². The number of hydrogen-bond acceptors (Lipinski definition) is 3. The number of nitrogens with zero attached hydrogens (tertiary/aromatic N) is 1. The number of hydrogen-bond donors (Lipinski definition) is 0. The maximum absolute atomic E-state index is 12.4. The lowest BCUT2D eigenvalue weighted by Gasteiger charge is -2.16. The molecule has 98 valence electrons. The van der Waals surface area contributed by atoms with E-state index in [0.717, 1.165) is 5.06 Å². The molecule has 2 rings (SSSR count). The van der Waals surface area contributed by atoms with Gasteiger partial charge in [-0.1, -0.05) is 12.1 Å². The molecule has 0 N–H and O–H groups in total. The van der Waals surface area contributed by atoms with E-state index in [1.54, 1.807) is 0 Å². The van der Waals surface area contributed by atoms with Crippen molar-refractivity contribution in [1.29, 1.82) is 0 Å². The molecular weight excluding hydrogens is 267 g/mol. The van der Waals surface area contributed by atoms with E-state index in [4.69, 9.17) is 4.84 Å². The fourth-order valence-corrected chi connectivity index (χ4v) is 2.26. The third-order valence-corrected chi connectivity index (χ3v) is 3.13. The van der Waals surface area contributed by atoms with Gasteiger partial charge in [-0.2, -0.15) is 13.2 Å². The highest BCUT2D eigenvalue weighted by molar-refractivity contribution is 8.00. The summed E-state index contributed by atoms with van der Waals surface area (Å²) in [6.45, 7) is 0.824. The molecule has 18 heavy (non-hydrogen) atoms. The monoisotopic (exact) mass is 277 g/mol. The zero-order chi connectivity index (χ0) is 13.2. The molecule has 7 heteroatoms. The minimum atomic E-state index is -4.41. The number of alkyl halides is 3. The van der Waals surface area contributed by atoms with Crippen molar-refractivity contribution < 1.29 is 22.8 Å². The van der Waals surface area contributed by atoms with Crippen LogP contribution in [0.3, 0.4) is 0 Å². The third kappa shape index (κ3) is 3.17. The zero-order valence-electron chi connectivity index (χ0n) is 9.24. The number of hydroxylamine groups is 2. The minimum absolute atomic E-state index is 0.0155. The summed E-state index contributed by atoms with van der Waals surface area (Å²) < 4.78 is 37.1. The van der Waals surface area contributed by atoms with E-state index in [2.05, 4.69) is 0 Å². The summed E-state index contributed by atoms with van der Waals surface area (Å²) >= 11 is -0.289. The van der Waals surface area contributed by atoms with E-state index in [1.807, 2.05) is 0 Å². The first-order valence-corrected chi connectivity index (χ1v) is 6.08. The van der Waals surface area contributed by atoms with Crippen molar-refractivity contribution in [3.05, 3.63) is 29.8 Å². The number of carbonyl (C=O) groups excluding carboxylic acids is 1. The van der Waals surface area contributed by atoms with Gasteiger partial charge >= 0.3 is 5.51 Å². The smallest absolute Gasteiger partial charge is 0.271 e. The largest absolute Gasteiger partial charge is 0.446 e. The molecule has 1 aliphatic heterocycles. The average Bonchev–Trinajstić information content (AvgIpc) is 2.80. The second kappa shape index (κ2) is 5.19. The van der Waals surface area contributed by atoms with Gasteiger partial charge in [-0.3, -0.25) is 9.63 Å². The normalized spacial score (nSPS) is 16.1. The quantitative estimate of drug-likeness (QED) is 0.778. The number of rotatable bonds is 2. The van der Waals surface area contributed by atoms with Gasteiger partial charge in [0.25, 0.3) is 5.91 Å². The molecular formula is C11H10F3NO2S. The van der Waals surface area contributed by atoms with Crippen LogP contribution in [-0.2, 0) is 4.84 Å². The van der Waals surface area contributed by atoms with E-state index in [0.29, 0.717) is 19.6 Å². The van der Waals surface area contributed by atoms with Crippen LogP contribution in [0.1, 0.15) is 16.8 Å². The molecule has 1 aromatic carbocycles. The number of benzene rings is 1. The molecule has 0 spiro atoms. The van der Waals surface area contributed by atoms with Crippen molar-refractivity contribution in [2.24, 2.45) is 0 Å². The summed E-state index contributed by atoms with van der Waals surface area (Å²) in [6, 6.07) is 5.65. The Morgan fingerprint density at radius 3 is 2.67 bits per heavy atom. The van der Waals surface area contributed by atoms with E-state index in [-0.39, 0.29) is 22.2 Å². The second-order valence-electron chi connectivity index (χ2n) is 3.64. The van der Waals surface area contributed by atoms with Gasteiger partial charge in [-0.05, 0) is 30.3 Å². The van der Waals surface area contributed by atoms with Crippen LogP contribution in [0.5, 0.6) is 0 Å². The van der Waals surface area contributed by atoms with Crippen molar-refractivity contribution in [2.75, 3.05) is 13.2 Å². The summed E-state index contributed by atoms with van der Waals surface area (Å²) in [7, 11) is 0. The predicted molar refractivity (Wildman–Crippen MR) is 60.0 cm³/mol. The van der Waals surface area contributed by atoms with Crippen LogP contribution in [0.2, 0.25) is 0 Å². The first kappa shape index (κ1) is 13.2. The van der Waals surface area contributed by atoms with Crippen LogP contribution in [0.25, 0.3) is 0 Å². The maximum Gasteiger partial charge on any atom is 0.446 e. The van der Waals surface area contributed by atoms with Crippen LogP contribution in [0, 0.1) is 0 Å². The Hall–Kier alpha value is -1.21. The van der Waals surface area contributed by atoms with Gasteiger partial charge in [-0.25, -0.2) is 5.06 Å². The second-order valence-corrected chi connectivity index (χ2v) is 4.74. The lowest BCUT2D eigenvalue weighted by atomic mass is 10.2. The van der Waals surface area contributed by atoms with Gasteiger partial charge in [0.05, 0.1) is 18.7 Å². The molecule has 0 bridgehead atoms. The van der Waals surface area contributed by atoms with Crippen molar-refractivity contribution in [3.8, 4) is 0 Å². The molecule has 1 aromatic rings. The molecule has 1 aliphatic rings. The van der Waals surface area contributed by atoms with Crippen LogP contribution in [0.15, 0.2) is 29.2 Å². The molecule has 0 atom stereocenters. The molecule has 0 saturated carbocycles. The minimum Gasteiger partial charge on any atom is -0.271 e. The zero-order valence-corrected chi connectivity index (χ0v) is 10.1. The number of carbonyl (C=O) groups is 1. The number of halogens is 3. The first-order valence-electron chi connectivity index (χ1n) is 5.27. The van der Waals surface area contributed by atoms with Gasteiger partial charge in [0.1, 0.15) is 0 Å². The number of amides is 1. The average molecular weight is 277 g/mol. The Bertz CT molecular complexity index is 444. The predicted octanol–water partition coefficient (Wildman–Crippen LogP) is 3.08. The summed E-state index contributed by atoms with van der Waals surface area (Å²) in [5.41, 5.74) is -4.40. The van der Waals surface area contributed by atoms with Crippen molar-refractivity contribution >= 4 is 17.7 Å². The van der Waals surface area contributed by atoms with E-state index in [1.165, 1.54) is 24.3 Å². The fraction of sp³-hybridized carbons (Fsp3) is 0.364. The third-order valence-electron chi connectivity index (χ3n) is 2.32.